The van der Waals surface area contributed by atoms with E-state index in [0.29, 0.717) is 34.9 Å². The van der Waals surface area contributed by atoms with Crippen LogP contribution in [0.4, 0.5) is 32.3 Å². The number of nitrogens with one attached hydrogen (secondary N) is 1. The Kier molecular flexibility index (Phi) is 6.75. The summed E-state index contributed by atoms with van der Waals surface area (Å²) in [6, 6.07) is 10.3. The van der Waals surface area contributed by atoms with Gasteiger partial charge in [0.05, 0.1) is 12.2 Å². The summed E-state index contributed by atoms with van der Waals surface area (Å²) in [5.41, 5.74) is 10.3. The van der Waals surface area contributed by atoms with Crippen molar-refractivity contribution in [1.29, 1.82) is 0 Å². The fourth-order valence-corrected chi connectivity index (χ4v) is 4.92. The number of alkyl halides is 1. The number of benzene rings is 2. The Labute approximate surface area is 215 Å². The number of carbonyl (C=O) groups excluding carboxylic acids is 2. The van der Waals surface area contributed by atoms with Crippen LogP contribution in [0.5, 0.6) is 0 Å². The summed E-state index contributed by atoms with van der Waals surface area (Å²) >= 11 is 0. The second-order valence-corrected chi connectivity index (χ2v) is 9.56. The maximum atomic E-state index is 13.8. The molecular weight excluding hydrogens is 473 g/mol. The highest BCUT2D eigenvalue weighted by atomic mass is 19.1. The van der Waals surface area contributed by atoms with Gasteiger partial charge >= 0.3 is 6.03 Å². The molecular formula is C27H30FN7O2. The van der Waals surface area contributed by atoms with Gasteiger partial charge in [-0.1, -0.05) is 12.1 Å². The molecule has 1 saturated heterocycles. The lowest BCUT2D eigenvalue weighted by Gasteiger charge is -2.34. The average molecular weight is 504 g/mol. The van der Waals surface area contributed by atoms with E-state index in [9.17, 15) is 14.0 Å². The first-order valence-corrected chi connectivity index (χ1v) is 12.3. The van der Waals surface area contributed by atoms with Crippen molar-refractivity contribution in [2.75, 3.05) is 41.0 Å². The van der Waals surface area contributed by atoms with E-state index in [1.54, 1.807) is 42.4 Å². The molecule has 9 nitrogen and oxygen atoms in total. The highest BCUT2D eigenvalue weighted by Gasteiger charge is 2.31. The lowest BCUT2D eigenvalue weighted by molar-refractivity contribution is 0.102. The van der Waals surface area contributed by atoms with Gasteiger partial charge < -0.3 is 11.1 Å². The number of aromatic nitrogens is 2. The highest BCUT2D eigenvalue weighted by Crippen LogP contribution is 2.33. The Balaban J connectivity index is 1.36. The number of hydrogen-bond acceptors (Lipinski definition) is 6. The van der Waals surface area contributed by atoms with Crippen LogP contribution in [0.2, 0.25) is 0 Å². The molecule has 37 heavy (non-hydrogen) atoms. The van der Waals surface area contributed by atoms with Gasteiger partial charge in [0.25, 0.3) is 5.91 Å². The Bertz CT molecular complexity index is 1360. The smallest absolute Gasteiger partial charge is 0.330 e. The summed E-state index contributed by atoms with van der Waals surface area (Å²) in [6.07, 6.45) is 3.95. The maximum absolute atomic E-state index is 13.8. The molecule has 3 heterocycles. The number of fused-ring (bicyclic) bond motifs is 1. The predicted octanol–water partition coefficient (Wildman–Crippen LogP) is 4.26. The minimum atomic E-state index is -0.625. The van der Waals surface area contributed by atoms with Crippen molar-refractivity contribution in [3.05, 3.63) is 70.4 Å². The zero-order valence-electron chi connectivity index (χ0n) is 21.0. The lowest BCUT2D eigenvalue weighted by Crippen LogP contribution is -2.46. The number of nitrogens with zero attached hydrogens (tertiary/aromatic N) is 5. The molecule has 0 radical (unpaired) electrons. The Morgan fingerprint density at radius 1 is 1.14 bits per heavy atom. The number of likely N-dealkylation sites (tertiary alicyclic amines) is 1. The molecule has 3 N–H and O–H groups in total. The zero-order valence-corrected chi connectivity index (χ0v) is 21.0. The second-order valence-electron chi connectivity index (χ2n) is 9.56. The first-order chi connectivity index (χ1) is 17.8. The third-order valence-corrected chi connectivity index (χ3v) is 6.99. The summed E-state index contributed by atoms with van der Waals surface area (Å²) in [6.45, 7) is 4.28. The van der Waals surface area contributed by atoms with Crippen LogP contribution in [0.3, 0.4) is 0 Å². The molecule has 2 aromatic carbocycles. The summed E-state index contributed by atoms with van der Waals surface area (Å²) < 4.78 is 13.8. The van der Waals surface area contributed by atoms with Crippen molar-refractivity contribution in [2.45, 2.75) is 39.5 Å². The fraction of sp³-hybridized carbons (Fsp3) is 0.333. The molecule has 0 aliphatic carbocycles. The molecule has 3 amide bonds. The molecule has 0 atom stereocenters. The van der Waals surface area contributed by atoms with Crippen LogP contribution < -0.4 is 20.9 Å². The molecule has 2 aliphatic heterocycles. The Hall–Kier alpha value is -4.05. The SMILES string of the molecule is Cc1ccc(NC(=O)c2ccc(CN3CCCC3)c(CF)c2)cc1N1Cc2cnc(N)nc2N(C)C1=O. The summed E-state index contributed by atoms with van der Waals surface area (Å²) in [5.74, 6) is 0.244. The van der Waals surface area contributed by atoms with Crippen molar-refractivity contribution >= 4 is 35.1 Å². The number of carbonyl (C=O) groups is 2. The van der Waals surface area contributed by atoms with Crippen molar-refractivity contribution < 1.29 is 14.0 Å². The van der Waals surface area contributed by atoms with Crippen LogP contribution in [0.1, 0.15) is 45.5 Å². The van der Waals surface area contributed by atoms with Gasteiger partial charge in [-0.3, -0.25) is 19.5 Å². The van der Waals surface area contributed by atoms with E-state index in [0.717, 1.165) is 42.6 Å². The maximum Gasteiger partial charge on any atom is 0.330 e. The van der Waals surface area contributed by atoms with Crippen LogP contribution in [0.25, 0.3) is 0 Å². The molecule has 192 valence electrons. The first kappa shape index (κ1) is 24.6. The molecule has 0 saturated carbocycles. The van der Waals surface area contributed by atoms with Gasteiger partial charge in [0.1, 0.15) is 12.5 Å². The van der Waals surface area contributed by atoms with Crippen molar-refractivity contribution in [2.24, 2.45) is 0 Å². The number of halogens is 1. The molecule has 5 rings (SSSR count). The van der Waals surface area contributed by atoms with Gasteiger partial charge in [0, 0.05) is 36.6 Å². The van der Waals surface area contributed by atoms with Crippen LogP contribution >= 0.6 is 0 Å². The number of rotatable bonds is 6. The van der Waals surface area contributed by atoms with Gasteiger partial charge in [0.15, 0.2) is 0 Å². The highest BCUT2D eigenvalue weighted by molar-refractivity contribution is 6.07. The molecule has 1 fully saturated rings. The number of hydrogen-bond donors (Lipinski definition) is 2. The van der Waals surface area contributed by atoms with Crippen LogP contribution in [-0.2, 0) is 19.8 Å². The lowest BCUT2D eigenvalue weighted by atomic mass is 10.0. The van der Waals surface area contributed by atoms with Crippen LogP contribution in [-0.4, -0.2) is 46.9 Å². The minimum Gasteiger partial charge on any atom is -0.368 e. The van der Waals surface area contributed by atoms with E-state index >= 15 is 0 Å². The van der Waals surface area contributed by atoms with E-state index in [1.165, 1.54) is 4.90 Å². The summed E-state index contributed by atoms with van der Waals surface area (Å²) in [7, 11) is 1.64. The molecule has 2 aliphatic rings. The third kappa shape index (κ3) is 4.97. The first-order valence-electron chi connectivity index (χ1n) is 12.3. The number of urea groups is 1. The van der Waals surface area contributed by atoms with E-state index in [-0.39, 0.29) is 24.4 Å². The number of amides is 3. The van der Waals surface area contributed by atoms with Crippen molar-refractivity contribution in [3.63, 3.8) is 0 Å². The standard InChI is InChI=1S/C27H30FN7O2/c1-17-5-8-22(12-23(17)35-16-21-14-30-26(29)32-24(21)33(2)27(35)37)31-25(36)18-6-7-19(20(11-18)13-28)15-34-9-3-4-10-34/h5-8,11-12,14H,3-4,9-10,13,15-16H2,1-2H3,(H,31,36)(H2,29,30,32). The van der Waals surface area contributed by atoms with Crippen molar-refractivity contribution in [3.8, 4) is 0 Å². The summed E-state index contributed by atoms with van der Waals surface area (Å²) in [5, 5.41) is 2.90. The Morgan fingerprint density at radius 2 is 1.92 bits per heavy atom. The number of nitrogens with two attached hydrogens (primary N) is 1. The van der Waals surface area contributed by atoms with Crippen LogP contribution in [0.15, 0.2) is 42.6 Å². The average Bonchev–Trinajstić information content (AvgIpc) is 3.41. The second kappa shape index (κ2) is 10.1. The van der Waals surface area contributed by atoms with E-state index < -0.39 is 6.67 Å². The number of anilines is 4. The topological polar surface area (TPSA) is 108 Å². The van der Waals surface area contributed by atoms with Crippen molar-refractivity contribution in [1.82, 2.24) is 14.9 Å². The van der Waals surface area contributed by atoms with Gasteiger partial charge in [-0.15, -0.1) is 0 Å². The van der Waals surface area contributed by atoms with E-state index in [2.05, 4.69) is 20.2 Å². The minimum absolute atomic E-state index is 0.104. The normalized spacial score (nSPS) is 15.7. The molecule has 0 bridgehead atoms. The Morgan fingerprint density at radius 3 is 2.68 bits per heavy atom. The molecule has 0 spiro atoms. The van der Waals surface area contributed by atoms with Gasteiger partial charge in [-0.05, 0) is 73.8 Å². The van der Waals surface area contributed by atoms with E-state index in [1.807, 2.05) is 19.1 Å². The quantitative estimate of drug-likeness (QED) is 0.521. The van der Waals surface area contributed by atoms with Gasteiger partial charge in [-0.2, -0.15) is 4.98 Å². The van der Waals surface area contributed by atoms with Gasteiger partial charge in [0.2, 0.25) is 5.95 Å². The molecule has 0 unspecified atom stereocenters. The largest absolute Gasteiger partial charge is 0.368 e. The molecule has 1 aromatic heterocycles. The van der Waals surface area contributed by atoms with E-state index in [4.69, 9.17) is 5.73 Å². The zero-order chi connectivity index (χ0) is 26.1. The fourth-order valence-electron chi connectivity index (χ4n) is 4.92. The van der Waals surface area contributed by atoms with Gasteiger partial charge in [-0.25, -0.2) is 14.2 Å². The number of nitrogen functional groups attached to an aromatic ring is 1. The monoisotopic (exact) mass is 503 g/mol. The van der Waals surface area contributed by atoms with Crippen LogP contribution in [0, 0.1) is 6.92 Å². The third-order valence-electron chi connectivity index (χ3n) is 6.99. The predicted molar refractivity (Wildman–Crippen MR) is 141 cm³/mol. The molecule has 10 heteroatoms. The molecule has 3 aromatic rings. The summed E-state index contributed by atoms with van der Waals surface area (Å²) in [4.78, 5) is 39.8. The number of aryl methyl sites for hydroxylation is 1.